The number of fused-ring (bicyclic) bond motifs is 2. The summed E-state index contributed by atoms with van der Waals surface area (Å²) in [7, 11) is -4.39. The number of amides is 5. The lowest BCUT2D eigenvalue weighted by Gasteiger charge is -2.56. The second-order valence-corrected chi connectivity index (χ2v) is 29.8. The first-order valence-corrected chi connectivity index (χ1v) is 33.6. The van der Waals surface area contributed by atoms with E-state index in [1.165, 1.54) is 54.8 Å². The number of pyridine rings is 1. The highest BCUT2D eigenvalue weighted by atomic mass is 32.2. The van der Waals surface area contributed by atoms with Gasteiger partial charge in [-0.05, 0) is 153 Å². The van der Waals surface area contributed by atoms with E-state index in [0.717, 1.165) is 73.0 Å². The summed E-state index contributed by atoms with van der Waals surface area (Å²) < 4.78 is 33.3. The number of nitrogens with zero attached hydrogens (tertiary/aromatic N) is 7. The number of β-amino-alcohol motifs (C(OH)–C–C–N with tert-alkyl or cyclic N) is 1. The van der Waals surface area contributed by atoms with E-state index in [0.29, 0.717) is 40.6 Å². The second-order valence-electron chi connectivity index (χ2n) is 26.1. The van der Waals surface area contributed by atoms with Crippen molar-refractivity contribution in [2.45, 2.75) is 143 Å². The number of aliphatic hydroxyl groups excluding tert-OH is 1. The molecule has 4 atom stereocenters. The van der Waals surface area contributed by atoms with Crippen LogP contribution in [0, 0.1) is 42.4 Å². The zero-order chi connectivity index (χ0) is 61.1. The van der Waals surface area contributed by atoms with Gasteiger partial charge in [0.2, 0.25) is 27.7 Å². The van der Waals surface area contributed by atoms with Gasteiger partial charge in [0.05, 0.1) is 50.4 Å². The summed E-state index contributed by atoms with van der Waals surface area (Å²) in [6, 6.07) is 22.2. The Bertz CT molecular complexity index is 3860. The Balaban J connectivity index is 0.730. The predicted molar refractivity (Wildman–Crippen MR) is 336 cm³/mol. The number of rotatable bonds is 18. The first-order valence-electron chi connectivity index (χ1n) is 30.3. The minimum atomic E-state index is -4.39. The van der Waals surface area contributed by atoms with Gasteiger partial charge in [0.1, 0.15) is 23.6 Å². The summed E-state index contributed by atoms with van der Waals surface area (Å²) >= 11 is 2.95. The lowest BCUT2D eigenvalue weighted by Crippen LogP contribution is -2.57. The van der Waals surface area contributed by atoms with Crippen molar-refractivity contribution < 1.29 is 37.5 Å². The average Bonchev–Trinajstić information content (AvgIpc) is 1.57. The fraction of sp³-hybridized carbons (Fsp3) is 0.462. The van der Waals surface area contributed by atoms with Crippen molar-refractivity contribution in [2.24, 2.45) is 28.6 Å². The van der Waals surface area contributed by atoms with Gasteiger partial charge in [-0.25, -0.2) is 28.1 Å². The normalized spacial score (nSPS) is 22.2. The smallest absolute Gasteiger partial charge is 0.284 e. The van der Waals surface area contributed by atoms with Gasteiger partial charge in [-0.2, -0.15) is 5.10 Å². The molecule has 6 heterocycles. The number of aliphatic hydroxyl groups is 1. The summed E-state index contributed by atoms with van der Waals surface area (Å²) in [6.45, 7) is 12.6. The molecule has 1 saturated heterocycles. The third-order valence-corrected chi connectivity index (χ3v) is 21.9. The monoisotopic (exact) mass is 1230 g/mol. The summed E-state index contributed by atoms with van der Waals surface area (Å²) in [5.41, 5.74) is 8.81. The Morgan fingerprint density at radius 2 is 1.59 bits per heavy atom. The largest absolute Gasteiger partial charge is 0.391 e. The van der Waals surface area contributed by atoms with Crippen molar-refractivity contribution in [3.05, 3.63) is 130 Å². The molecular formula is C65H75N11O8S3. The highest BCUT2D eigenvalue weighted by Crippen LogP contribution is 2.60. The maximum atomic E-state index is 14.7. The number of aryl methyl sites for hydroxylation is 1. The number of benzene rings is 3. The van der Waals surface area contributed by atoms with Crippen LogP contribution in [0.5, 0.6) is 0 Å². The molecule has 4 aliphatic carbocycles. The summed E-state index contributed by atoms with van der Waals surface area (Å²) in [5.74, 6) is -0.777. The quantitative estimate of drug-likeness (QED) is 0.0538. The number of nitrogens with one attached hydrogen (secondary N) is 4. The number of aromatic nitrogens is 5. The van der Waals surface area contributed by atoms with Crippen molar-refractivity contribution in [2.75, 3.05) is 29.1 Å². The van der Waals surface area contributed by atoms with Crippen LogP contribution in [0.25, 0.3) is 31.8 Å². The molecule has 13 rings (SSSR count). The Morgan fingerprint density at radius 1 is 0.851 bits per heavy atom. The molecule has 0 unspecified atom stereocenters. The van der Waals surface area contributed by atoms with Gasteiger partial charge >= 0.3 is 0 Å². The van der Waals surface area contributed by atoms with Crippen molar-refractivity contribution in [3.8, 4) is 21.6 Å². The first kappa shape index (κ1) is 59.9. The molecular weight excluding hydrogens is 1160 g/mol. The fourth-order valence-electron chi connectivity index (χ4n) is 14.7. The van der Waals surface area contributed by atoms with Gasteiger partial charge < -0.3 is 25.5 Å². The molecule has 87 heavy (non-hydrogen) atoms. The van der Waals surface area contributed by atoms with Gasteiger partial charge in [-0.3, -0.25) is 34.0 Å². The van der Waals surface area contributed by atoms with Gasteiger partial charge in [-0.15, -0.1) is 11.3 Å². The number of carbonyl (C=O) groups excluding carboxylic acids is 5. The van der Waals surface area contributed by atoms with Crippen LogP contribution >= 0.6 is 22.7 Å². The number of likely N-dealkylation sites (tertiary alicyclic amines) is 1. The molecule has 5 N–H and O–H groups in total. The lowest BCUT2D eigenvalue weighted by molar-refractivity contribution is -0.144. The minimum absolute atomic E-state index is 0.00919. The molecule has 5 amide bonds. The van der Waals surface area contributed by atoms with E-state index in [-0.39, 0.29) is 49.4 Å². The minimum Gasteiger partial charge on any atom is -0.391 e. The van der Waals surface area contributed by atoms with Crippen molar-refractivity contribution in [1.82, 2.24) is 45.0 Å². The number of anilines is 2. The number of hydrogen-bond donors (Lipinski definition) is 5. The molecule has 7 aromatic rings. The van der Waals surface area contributed by atoms with E-state index >= 15 is 0 Å². The molecule has 5 fully saturated rings. The highest BCUT2D eigenvalue weighted by molar-refractivity contribution is 7.90. The van der Waals surface area contributed by atoms with Crippen LogP contribution in [0.3, 0.4) is 0 Å². The first-order chi connectivity index (χ1) is 41.6. The van der Waals surface area contributed by atoms with Crippen LogP contribution in [0.1, 0.15) is 140 Å². The third kappa shape index (κ3) is 12.7. The second kappa shape index (κ2) is 23.9. The maximum Gasteiger partial charge on any atom is 0.284 e. The predicted octanol–water partition coefficient (Wildman–Crippen LogP) is 9.54. The molecule has 19 nitrogen and oxygen atoms in total. The van der Waals surface area contributed by atoms with Crippen LogP contribution in [0.2, 0.25) is 0 Å². The molecule has 456 valence electrons. The molecule has 4 bridgehead atoms. The molecule has 0 radical (unpaired) electrons. The summed E-state index contributed by atoms with van der Waals surface area (Å²) in [5, 5.41) is 25.1. The van der Waals surface area contributed by atoms with E-state index in [2.05, 4.69) is 35.3 Å². The van der Waals surface area contributed by atoms with E-state index in [1.807, 2.05) is 92.4 Å². The average molecular weight is 1230 g/mol. The molecule has 22 heteroatoms. The number of thiazole rings is 2. The van der Waals surface area contributed by atoms with E-state index in [1.54, 1.807) is 55.9 Å². The Morgan fingerprint density at radius 3 is 2.29 bits per heavy atom. The van der Waals surface area contributed by atoms with Crippen molar-refractivity contribution in [1.29, 1.82) is 0 Å². The van der Waals surface area contributed by atoms with Gasteiger partial charge in [-0.1, -0.05) is 80.6 Å². The van der Waals surface area contributed by atoms with Crippen LogP contribution in [0.4, 0.5) is 10.9 Å². The lowest BCUT2D eigenvalue weighted by atomic mass is 9.49. The SMILES string of the molecule is Cc1ncsc1-c1ccc([C@H](C)NC(=O)[C@@H]2C[C@@H](O)CN2C(=O)[C@@H](NC(=O)CCCS(=O)(=O)NC(=O)c2nc(N3CCc4cccc(C(=O)Nc5nc6ccccc6s5)c4C3)ccc2-c2cnn(CC34CC5CC(CC(C5)C3)C4)c2C)C(C)(C)C)cc1. The standard InChI is InChI=1S/C65H75N11O8S3/c1-37(43-16-18-45(19-17-43)57-38(2)66-36-85-57)68-60(80)52-28-46(77)33-75(52)62(82)58(64(4,5)6)71-55(78)15-10-24-87(83,84)73-61(81)56-47(49-32-67-76(39(49)3)35-65-29-40-25-41(30-65)27-42(26-40)31-65)20-21-54(70-56)74-23-22-44-11-9-12-48(50(44)34-74)59(79)72-63-69-51-13-7-8-14-53(51)86-63/h7-9,11-14,16-21,32,36-37,40-42,46,52,58,77H,10,15,22-31,33-35H2,1-6H3,(H,68,80)(H,71,78)(H,73,81)(H,69,72,79)/t37-,40?,41?,42?,46+,52-,58+,65?/m0/s1. The molecule has 4 aromatic heterocycles. The van der Waals surface area contributed by atoms with Crippen LogP contribution in [-0.4, -0.2) is 110 Å². The van der Waals surface area contributed by atoms with Gasteiger partial charge in [0.25, 0.3) is 11.8 Å². The van der Waals surface area contributed by atoms with Crippen LogP contribution in [0.15, 0.2) is 90.6 Å². The van der Waals surface area contributed by atoms with E-state index in [4.69, 9.17) is 10.1 Å². The maximum absolute atomic E-state index is 14.7. The number of carbonyl (C=O) groups is 5. The zero-order valence-electron chi connectivity index (χ0n) is 50.0. The Kier molecular flexibility index (Phi) is 16.5. The molecule has 6 aliphatic rings. The van der Waals surface area contributed by atoms with E-state index < -0.39 is 69.0 Å². The molecule has 4 saturated carbocycles. The zero-order valence-corrected chi connectivity index (χ0v) is 52.4. The number of sulfonamides is 1. The van der Waals surface area contributed by atoms with Crippen molar-refractivity contribution in [3.63, 3.8) is 0 Å². The molecule has 3 aromatic carbocycles. The molecule has 0 spiro atoms. The number of hydrogen-bond acceptors (Lipinski definition) is 15. The third-order valence-electron chi connectivity index (χ3n) is 18.6. The van der Waals surface area contributed by atoms with Gasteiger partial charge in [0, 0.05) is 61.4 Å². The topological polar surface area (TPSA) is 251 Å². The fourth-order valence-corrected chi connectivity index (χ4v) is 17.4. The number of para-hydroxylation sites is 1. The van der Waals surface area contributed by atoms with E-state index in [9.17, 15) is 37.5 Å². The summed E-state index contributed by atoms with van der Waals surface area (Å²) in [6.07, 6.45) is 8.36. The Labute approximate surface area is 515 Å². The van der Waals surface area contributed by atoms with Crippen molar-refractivity contribution >= 4 is 83.4 Å². The van der Waals surface area contributed by atoms with Crippen LogP contribution < -0.4 is 25.6 Å². The van der Waals surface area contributed by atoms with Crippen LogP contribution in [-0.2, 0) is 43.9 Å². The summed E-state index contributed by atoms with van der Waals surface area (Å²) in [4.78, 5) is 89.1. The van der Waals surface area contributed by atoms with Gasteiger partial charge in [0.15, 0.2) is 5.13 Å². The molecule has 2 aliphatic heterocycles. The highest BCUT2D eigenvalue weighted by Gasteiger charge is 2.51. The Hall–Kier alpha value is -7.40.